The maximum atomic E-state index is 12.5. The predicted molar refractivity (Wildman–Crippen MR) is 120 cm³/mol. The summed E-state index contributed by atoms with van der Waals surface area (Å²) in [4.78, 5) is 16.8. The van der Waals surface area contributed by atoms with Crippen LogP contribution in [0, 0.1) is 0 Å². The summed E-state index contributed by atoms with van der Waals surface area (Å²) in [5, 5.41) is 3.34. The summed E-state index contributed by atoms with van der Waals surface area (Å²) in [5.74, 6) is 2.16. The summed E-state index contributed by atoms with van der Waals surface area (Å²) in [6, 6.07) is 4.04. The summed E-state index contributed by atoms with van der Waals surface area (Å²) < 4.78 is 21.8. The quantitative estimate of drug-likeness (QED) is 0.654. The number of nitrogens with zero attached hydrogens (tertiary/aromatic N) is 2. The maximum Gasteiger partial charge on any atom is 0.224 e. The number of hydrogen-bond donors (Lipinski definition) is 1. The average Bonchev–Trinajstić information content (AvgIpc) is 2.74. The van der Waals surface area contributed by atoms with Gasteiger partial charge in [0.1, 0.15) is 0 Å². The molecule has 1 atom stereocenters. The standard InChI is InChI=1S/C20H31N3O5.2ClH/c1-25-17-5-4-15(19(26-2)20(17)27-3)13-22-7-9-23(10-8-22)18(24)12-16-14-28-11-6-21-16;;/h4-5,16,21H,6-14H2,1-3H3;2*1H. The first-order valence-electron chi connectivity index (χ1n) is 9.75. The summed E-state index contributed by atoms with van der Waals surface area (Å²) in [5.41, 5.74) is 1.04. The van der Waals surface area contributed by atoms with Crippen LogP contribution in [0.4, 0.5) is 0 Å². The lowest BCUT2D eigenvalue weighted by atomic mass is 10.1. The zero-order valence-electron chi connectivity index (χ0n) is 17.8. The number of morpholine rings is 1. The lowest BCUT2D eigenvalue weighted by Gasteiger charge is -2.36. The van der Waals surface area contributed by atoms with Gasteiger partial charge in [0.05, 0.1) is 34.5 Å². The molecule has 1 aromatic rings. The number of amides is 1. The van der Waals surface area contributed by atoms with Crippen LogP contribution in [-0.4, -0.2) is 89.0 Å². The molecule has 2 saturated heterocycles. The highest BCUT2D eigenvalue weighted by atomic mass is 35.5. The third kappa shape index (κ3) is 6.52. The van der Waals surface area contributed by atoms with Gasteiger partial charge in [-0.05, 0) is 6.07 Å². The topological polar surface area (TPSA) is 72.5 Å². The molecule has 1 amide bonds. The molecule has 30 heavy (non-hydrogen) atoms. The van der Waals surface area contributed by atoms with E-state index >= 15 is 0 Å². The first kappa shape index (κ1) is 26.6. The van der Waals surface area contributed by atoms with Gasteiger partial charge in [-0.1, -0.05) is 6.07 Å². The van der Waals surface area contributed by atoms with Gasteiger partial charge in [0.15, 0.2) is 11.5 Å². The minimum atomic E-state index is 0. The Balaban J connectivity index is 0.00000225. The fourth-order valence-corrected chi connectivity index (χ4v) is 3.77. The Bertz CT molecular complexity index is 666. The van der Waals surface area contributed by atoms with E-state index in [1.54, 1.807) is 21.3 Å². The van der Waals surface area contributed by atoms with Crippen LogP contribution in [-0.2, 0) is 16.1 Å². The number of rotatable bonds is 7. The van der Waals surface area contributed by atoms with E-state index in [2.05, 4.69) is 10.2 Å². The number of hydrogen-bond acceptors (Lipinski definition) is 7. The fraction of sp³-hybridized carbons (Fsp3) is 0.650. The summed E-state index contributed by atoms with van der Waals surface area (Å²) in [7, 11) is 4.86. The Morgan fingerprint density at radius 1 is 1.07 bits per heavy atom. The SMILES string of the molecule is COc1ccc(CN2CCN(C(=O)CC3COCCN3)CC2)c(OC)c1OC.Cl.Cl. The van der Waals surface area contributed by atoms with E-state index in [9.17, 15) is 4.79 Å². The van der Waals surface area contributed by atoms with Crippen molar-refractivity contribution in [3.05, 3.63) is 17.7 Å². The van der Waals surface area contributed by atoms with Crippen LogP contribution in [0.1, 0.15) is 12.0 Å². The van der Waals surface area contributed by atoms with Gasteiger partial charge in [-0.3, -0.25) is 9.69 Å². The molecule has 1 N–H and O–H groups in total. The third-order valence-electron chi connectivity index (χ3n) is 5.32. The molecule has 2 aliphatic rings. The molecule has 172 valence electrons. The molecule has 0 radical (unpaired) electrons. The number of piperazine rings is 1. The van der Waals surface area contributed by atoms with Crippen molar-refractivity contribution in [3.8, 4) is 17.2 Å². The van der Waals surface area contributed by atoms with E-state index in [0.29, 0.717) is 30.3 Å². The first-order chi connectivity index (χ1) is 13.7. The number of halogens is 2. The zero-order valence-corrected chi connectivity index (χ0v) is 19.5. The number of nitrogens with one attached hydrogen (secondary N) is 1. The Kier molecular flexibility index (Phi) is 11.6. The normalized spacial score (nSPS) is 19.3. The molecule has 0 aliphatic carbocycles. The third-order valence-corrected chi connectivity index (χ3v) is 5.32. The molecule has 10 heteroatoms. The molecular formula is C20H33Cl2N3O5. The van der Waals surface area contributed by atoms with E-state index < -0.39 is 0 Å². The molecule has 0 aromatic heterocycles. The second-order valence-corrected chi connectivity index (χ2v) is 7.08. The van der Waals surface area contributed by atoms with E-state index in [0.717, 1.165) is 51.4 Å². The van der Waals surface area contributed by atoms with E-state index in [1.165, 1.54) is 0 Å². The van der Waals surface area contributed by atoms with Crippen molar-refractivity contribution in [2.24, 2.45) is 0 Å². The van der Waals surface area contributed by atoms with Crippen molar-refractivity contribution in [2.45, 2.75) is 19.0 Å². The molecule has 0 spiro atoms. The summed E-state index contributed by atoms with van der Waals surface area (Å²) in [6.07, 6.45) is 0.503. The molecule has 2 aliphatic heterocycles. The van der Waals surface area contributed by atoms with E-state index in [1.807, 2.05) is 17.0 Å². The van der Waals surface area contributed by atoms with Crippen LogP contribution in [0.3, 0.4) is 0 Å². The van der Waals surface area contributed by atoms with Crippen LogP contribution in [0.2, 0.25) is 0 Å². The second kappa shape index (κ2) is 13.1. The van der Waals surface area contributed by atoms with Gasteiger partial charge in [0.25, 0.3) is 0 Å². The number of carbonyl (C=O) groups excluding carboxylic acids is 1. The average molecular weight is 466 g/mol. The van der Waals surface area contributed by atoms with Crippen molar-refractivity contribution in [1.82, 2.24) is 15.1 Å². The van der Waals surface area contributed by atoms with Crippen molar-refractivity contribution in [1.29, 1.82) is 0 Å². The van der Waals surface area contributed by atoms with Gasteiger partial charge in [-0.2, -0.15) is 0 Å². The van der Waals surface area contributed by atoms with Crippen molar-refractivity contribution < 1.29 is 23.7 Å². The van der Waals surface area contributed by atoms with Crippen LogP contribution in [0.15, 0.2) is 12.1 Å². The van der Waals surface area contributed by atoms with Crippen LogP contribution >= 0.6 is 24.8 Å². The highest BCUT2D eigenvalue weighted by Gasteiger charge is 2.25. The number of benzene rings is 1. The molecule has 1 unspecified atom stereocenters. The number of methoxy groups -OCH3 is 3. The fourth-order valence-electron chi connectivity index (χ4n) is 3.77. The van der Waals surface area contributed by atoms with Crippen molar-refractivity contribution in [2.75, 3.05) is 67.3 Å². The molecule has 0 bridgehead atoms. The zero-order chi connectivity index (χ0) is 19.9. The monoisotopic (exact) mass is 465 g/mol. The molecule has 2 heterocycles. The van der Waals surface area contributed by atoms with Gasteiger partial charge in [0, 0.05) is 57.3 Å². The molecular weight excluding hydrogens is 433 g/mol. The summed E-state index contributed by atoms with van der Waals surface area (Å²) >= 11 is 0. The van der Waals surface area contributed by atoms with Crippen LogP contribution < -0.4 is 19.5 Å². The molecule has 8 nitrogen and oxygen atoms in total. The van der Waals surface area contributed by atoms with Crippen molar-refractivity contribution >= 4 is 30.7 Å². The molecule has 3 rings (SSSR count). The lowest BCUT2D eigenvalue weighted by molar-refractivity contribution is -0.134. The Morgan fingerprint density at radius 3 is 2.33 bits per heavy atom. The Hall–Kier alpha value is -1.45. The van der Waals surface area contributed by atoms with Gasteiger partial charge >= 0.3 is 0 Å². The largest absolute Gasteiger partial charge is 0.493 e. The first-order valence-corrected chi connectivity index (χ1v) is 9.75. The lowest BCUT2D eigenvalue weighted by Crippen LogP contribution is -2.51. The van der Waals surface area contributed by atoms with Crippen LogP contribution in [0.25, 0.3) is 0 Å². The van der Waals surface area contributed by atoms with E-state index in [4.69, 9.17) is 18.9 Å². The summed E-state index contributed by atoms with van der Waals surface area (Å²) in [6.45, 7) is 6.04. The van der Waals surface area contributed by atoms with Gasteiger partial charge in [-0.15, -0.1) is 24.8 Å². The maximum absolute atomic E-state index is 12.5. The minimum Gasteiger partial charge on any atom is -0.493 e. The van der Waals surface area contributed by atoms with Crippen LogP contribution in [0.5, 0.6) is 17.2 Å². The number of carbonyl (C=O) groups is 1. The Labute approximate surface area is 191 Å². The van der Waals surface area contributed by atoms with Gasteiger partial charge < -0.3 is 29.2 Å². The highest BCUT2D eigenvalue weighted by molar-refractivity contribution is 5.85. The van der Waals surface area contributed by atoms with Gasteiger partial charge in [0.2, 0.25) is 11.7 Å². The number of ether oxygens (including phenoxy) is 4. The smallest absolute Gasteiger partial charge is 0.224 e. The minimum absolute atomic E-state index is 0. The predicted octanol–water partition coefficient (Wildman–Crippen LogP) is 1.58. The van der Waals surface area contributed by atoms with E-state index in [-0.39, 0.29) is 36.8 Å². The Morgan fingerprint density at radius 2 is 1.77 bits per heavy atom. The second-order valence-electron chi connectivity index (χ2n) is 7.08. The molecule has 0 saturated carbocycles. The van der Waals surface area contributed by atoms with Gasteiger partial charge in [-0.25, -0.2) is 0 Å². The molecule has 2 fully saturated rings. The van der Waals surface area contributed by atoms with Crippen molar-refractivity contribution in [3.63, 3.8) is 0 Å². The molecule has 1 aromatic carbocycles. The highest BCUT2D eigenvalue weighted by Crippen LogP contribution is 2.40.